The molecule has 2 atom stereocenters. The van der Waals surface area contributed by atoms with E-state index in [2.05, 4.69) is 39.9 Å². The molecule has 1 rings (SSSR count). The van der Waals surface area contributed by atoms with E-state index in [9.17, 15) is 0 Å². The van der Waals surface area contributed by atoms with Gasteiger partial charge in [-0.15, -0.1) is 0 Å². The van der Waals surface area contributed by atoms with Gasteiger partial charge in [-0.3, -0.25) is 0 Å². The summed E-state index contributed by atoms with van der Waals surface area (Å²) in [5.41, 5.74) is 0. The number of epoxide rings is 1. The zero-order valence-corrected chi connectivity index (χ0v) is 13.5. The summed E-state index contributed by atoms with van der Waals surface area (Å²) in [5.74, 6) is 0. The maximum Gasteiger partial charge on any atom is 0.192 e. The molecule has 0 spiro atoms. The van der Waals surface area contributed by atoms with Gasteiger partial charge in [0, 0.05) is 6.42 Å². The average molecular weight is 269 g/mol. The topological polar surface area (TPSA) is 45.5 Å². The van der Waals surface area contributed by atoms with E-state index in [1.807, 2.05) is 0 Å². The van der Waals surface area contributed by atoms with Crippen molar-refractivity contribution < 1.29 is 9.16 Å². The average Bonchev–Trinajstić information content (AvgIpc) is 2.99. The first-order valence-corrected chi connectivity index (χ1v) is 9.85. The van der Waals surface area contributed by atoms with Crippen molar-refractivity contribution in [3.05, 3.63) is 0 Å². The second-order valence-electron chi connectivity index (χ2n) is 6.69. The Labute approximate surface area is 113 Å². The summed E-state index contributed by atoms with van der Waals surface area (Å²) in [5, 5.41) is 8.72. The normalized spacial score (nSPS) is 23.8. The Kier molecular flexibility index (Phi) is 5.39. The second-order valence-corrected chi connectivity index (χ2v) is 11.5. The third-order valence-corrected chi connectivity index (χ3v) is 8.63. The fourth-order valence-electron chi connectivity index (χ4n) is 1.64. The molecular formula is C14H27NO2Si. The van der Waals surface area contributed by atoms with Gasteiger partial charge in [-0.2, -0.15) is 5.26 Å². The highest BCUT2D eigenvalue weighted by molar-refractivity contribution is 6.74. The molecule has 4 heteroatoms. The van der Waals surface area contributed by atoms with E-state index in [-0.39, 0.29) is 5.04 Å². The number of unbranched alkanes of at least 4 members (excludes halogenated alkanes) is 2. The van der Waals surface area contributed by atoms with Crippen LogP contribution in [0.2, 0.25) is 18.1 Å². The molecule has 0 bridgehead atoms. The summed E-state index contributed by atoms with van der Waals surface area (Å²) in [6.07, 6.45) is 4.51. The summed E-state index contributed by atoms with van der Waals surface area (Å²) >= 11 is 0. The molecule has 104 valence electrons. The molecule has 0 aromatic heterocycles. The molecule has 0 N–H and O–H groups in total. The highest BCUT2D eigenvalue weighted by Gasteiger charge is 2.42. The molecule has 1 aliphatic heterocycles. The predicted molar refractivity (Wildman–Crippen MR) is 75.9 cm³/mol. The zero-order chi connectivity index (χ0) is 13.8. The van der Waals surface area contributed by atoms with Gasteiger partial charge in [0.05, 0.1) is 18.8 Å². The van der Waals surface area contributed by atoms with Gasteiger partial charge in [-0.25, -0.2) is 0 Å². The van der Waals surface area contributed by atoms with E-state index in [4.69, 9.17) is 14.4 Å². The first-order chi connectivity index (χ1) is 8.28. The molecule has 18 heavy (non-hydrogen) atoms. The molecule has 0 aliphatic carbocycles. The van der Waals surface area contributed by atoms with Gasteiger partial charge in [0.1, 0.15) is 6.10 Å². The third kappa shape index (κ3) is 4.72. The van der Waals surface area contributed by atoms with Crippen LogP contribution in [0.4, 0.5) is 0 Å². The van der Waals surface area contributed by atoms with Crippen molar-refractivity contribution >= 4 is 8.32 Å². The van der Waals surface area contributed by atoms with Crippen molar-refractivity contribution in [2.75, 3.05) is 6.61 Å². The first kappa shape index (κ1) is 15.7. The Balaban J connectivity index is 2.15. The summed E-state index contributed by atoms with van der Waals surface area (Å²) < 4.78 is 11.8. The zero-order valence-electron chi connectivity index (χ0n) is 12.5. The van der Waals surface area contributed by atoms with Crippen molar-refractivity contribution in [2.45, 2.75) is 76.8 Å². The van der Waals surface area contributed by atoms with E-state index in [1.54, 1.807) is 0 Å². The Hall–Kier alpha value is -0.373. The van der Waals surface area contributed by atoms with E-state index < -0.39 is 8.32 Å². The van der Waals surface area contributed by atoms with E-state index in [0.717, 1.165) is 25.9 Å². The lowest BCUT2D eigenvalue weighted by molar-refractivity contribution is 0.241. The molecule has 0 saturated carbocycles. The van der Waals surface area contributed by atoms with Crippen molar-refractivity contribution in [3.8, 4) is 6.07 Å². The van der Waals surface area contributed by atoms with Crippen molar-refractivity contribution in [3.63, 3.8) is 0 Å². The molecule has 1 saturated heterocycles. The fraction of sp³-hybridized carbons (Fsp3) is 0.929. The summed E-state index contributed by atoms with van der Waals surface area (Å²) in [6.45, 7) is 12.1. The standard InChI is InChI=1S/C14H27NO2Si/c1-14(2,3)18(4,5)16-11-13-12(17-13)9-7-6-8-10-15/h12-13H,6-9,11H2,1-5H3/t12-,13-/m1/s1. The van der Waals surface area contributed by atoms with Crippen LogP contribution in [0.3, 0.4) is 0 Å². The molecule has 1 fully saturated rings. The largest absolute Gasteiger partial charge is 0.414 e. The van der Waals surface area contributed by atoms with Gasteiger partial charge in [0.15, 0.2) is 8.32 Å². The van der Waals surface area contributed by atoms with Crippen LogP contribution in [0.25, 0.3) is 0 Å². The number of nitriles is 1. The van der Waals surface area contributed by atoms with Crippen molar-refractivity contribution in [1.29, 1.82) is 5.26 Å². The minimum Gasteiger partial charge on any atom is -0.414 e. The van der Waals surface area contributed by atoms with Crippen LogP contribution in [0, 0.1) is 11.3 Å². The highest BCUT2D eigenvalue weighted by atomic mass is 28.4. The number of ether oxygens (including phenoxy) is 1. The molecule has 0 aromatic carbocycles. The van der Waals surface area contributed by atoms with Gasteiger partial charge in [0.25, 0.3) is 0 Å². The quantitative estimate of drug-likeness (QED) is 0.400. The predicted octanol–water partition coefficient (Wildman–Crippen LogP) is 3.86. The van der Waals surface area contributed by atoms with Crippen molar-refractivity contribution in [1.82, 2.24) is 0 Å². The van der Waals surface area contributed by atoms with E-state index in [1.165, 1.54) is 0 Å². The molecule has 0 radical (unpaired) electrons. The Morgan fingerprint density at radius 2 is 1.89 bits per heavy atom. The van der Waals surface area contributed by atoms with Crippen LogP contribution in [-0.2, 0) is 9.16 Å². The number of rotatable bonds is 7. The Morgan fingerprint density at radius 1 is 1.22 bits per heavy atom. The molecule has 0 amide bonds. The Morgan fingerprint density at radius 3 is 2.44 bits per heavy atom. The number of hydrogen-bond donors (Lipinski definition) is 0. The maximum absolute atomic E-state index is 8.45. The van der Waals surface area contributed by atoms with E-state index in [0.29, 0.717) is 18.6 Å². The SMILES string of the molecule is CC(C)(C)[Si](C)(C)OC[C@H]1O[C@@H]1CCCCC#N. The minimum atomic E-state index is -1.62. The minimum absolute atomic E-state index is 0.268. The fourth-order valence-corrected chi connectivity index (χ4v) is 2.65. The molecule has 0 unspecified atom stereocenters. The molecule has 1 heterocycles. The second kappa shape index (κ2) is 6.18. The van der Waals surface area contributed by atoms with Gasteiger partial charge >= 0.3 is 0 Å². The van der Waals surface area contributed by atoms with Crippen LogP contribution in [-0.4, -0.2) is 27.1 Å². The monoisotopic (exact) mass is 269 g/mol. The lowest BCUT2D eigenvalue weighted by Gasteiger charge is -2.36. The third-order valence-electron chi connectivity index (χ3n) is 4.13. The lowest BCUT2D eigenvalue weighted by atomic mass is 10.1. The van der Waals surface area contributed by atoms with Gasteiger partial charge in [-0.1, -0.05) is 20.8 Å². The van der Waals surface area contributed by atoms with Crippen LogP contribution in [0.1, 0.15) is 46.5 Å². The van der Waals surface area contributed by atoms with Crippen LogP contribution < -0.4 is 0 Å². The summed E-state index contributed by atoms with van der Waals surface area (Å²) in [6, 6.07) is 2.17. The molecule has 3 nitrogen and oxygen atoms in total. The molecular weight excluding hydrogens is 242 g/mol. The van der Waals surface area contributed by atoms with Crippen LogP contribution in [0.15, 0.2) is 0 Å². The number of hydrogen-bond acceptors (Lipinski definition) is 3. The molecule has 1 aliphatic rings. The number of nitrogens with zero attached hydrogens (tertiary/aromatic N) is 1. The molecule has 0 aromatic rings. The maximum atomic E-state index is 8.45. The summed E-state index contributed by atoms with van der Waals surface area (Å²) in [4.78, 5) is 0. The highest BCUT2D eigenvalue weighted by Crippen LogP contribution is 2.38. The first-order valence-electron chi connectivity index (χ1n) is 6.94. The lowest BCUT2D eigenvalue weighted by Crippen LogP contribution is -2.41. The van der Waals surface area contributed by atoms with Crippen molar-refractivity contribution in [2.24, 2.45) is 0 Å². The van der Waals surface area contributed by atoms with Crippen LogP contribution >= 0.6 is 0 Å². The van der Waals surface area contributed by atoms with E-state index >= 15 is 0 Å². The summed E-state index contributed by atoms with van der Waals surface area (Å²) in [7, 11) is -1.62. The van der Waals surface area contributed by atoms with Gasteiger partial charge in [-0.05, 0) is 37.4 Å². The van der Waals surface area contributed by atoms with Crippen LogP contribution in [0.5, 0.6) is 0 Å². The van der Waals surface area contributed by atoms with Gasteiger partial charge < -0.3 is 9.16 Å². The smallest absolute Gasteiger partial charge is 0.192 e. The Bertz CT molecular complexity index is 304. The van der Waals surface area contributed by atoms with Gasteiger partial charge in [0.2, 0.25) is 0 Å².